The number of fused-ring (bicyclic) bond motifs is 1. The number of nitrogens with one attached hydrogen (secondary N) is 1. The molecule has 3 nitrogen and oxygen atoms in total. The highest BCUT2D eigenvalue weighted by Gasteiger charge is 2.36. The lowest BCUT2D eigenvalue weighted by Gasteiger charge is -2.30. The van der Waals surface area contributed by atoms with Crippen LogP contribution >= 0.6 is 0 Å². The Morgan fingerprint density at radius 1 is 1.09 bits per heavy atom. The maximum atomic E-state index is 12.9. The van der Waals surface area contributed by atoms with Gasteiger partial charge in [0, 0.05) is 19.1 Å². The van der Waals surface area contributed by atoms with E-state index in [2.05, 4.69) is 52.7 Å². The van der Waals surface area contributed by atoms with E-state index in [-0.39, 0.29) is 5.92 Å². The van der Waals surface area contributed by atoms with E-state index in [1.165, 1.54) is 29.2 Å². The van der Waals surface area contributed by atoms with Crippen LogP contribution in [-0.2, 0) is 11.3 Å². The lowest BCUT2D eigenvalue weighted by atomic mass is 9.97. The van der Waals surface area contributed by atoms with Crippen molar-refractivity contribution in [2.45, 2.75) is 38.3 Å². The minimum absolute atomic E-state index is 0.171. The van der Waals surface area contributed by atoms with Crippen molar-refractivity contribution < 1.29 is 4.79 Å². The zero-order valence-electron chi connectivity index (χ0n) is 13.5. The van der Waals surface area contributed by atoms with Gasteiger partial charge in [-0.3, -0.25) is 4.79 Å². The zero-order valence-corrected chi connectivity index (χ0v) is 13.5. The summed E-state index contributed by atoms with van der Waals surface area (Å²) >= 11 is 0. The first-order valence-corrected chi connectivity index (χ1v) is 8.80. The molecular weight excluding hydrogens is 284 g/mol. The summed E-state index contributed by atoms with van der Waals surface area (Å²) in [4.78, 5) is 15.1. The van der Waals surface area contributed by atoms with Crippen molar-refractivity contribution in [2.75, 3.05) is 13.1 Å². The molecule has 1 saturated carbocycles. The monoisotopic (exact) mass is 308 g/mol. The number of benzene rings is 2. The summed E-state index contributed by atoms with van der Waals surface area (Å²) in [7, 11) is 0. The van der Waals surface area contributed by atoms with Crippen LogP contribution in [0.4, 0.5) is 0 Å². The van der Waals surface area contributed by atoms with Gasteiger partial charge in [0.05, 0.1) is 5.92 Å². The second-order valence-electron chi connectivity index (χ2n) is 6.92. The number of hydrogen-bond donors (Lipinski definition) is 1. The van der Waals surface area contributed by atoms with Gasteiger partial charge in [-0.15, -0.1) is 0 Å². The van der Waals surface area contributed by atoms with E-state index in [9.17, 15) is 4.79 Å². The average molecular weight is 308 g/mol. The van der Waals surface area contributed by atoms with Crippen LogP contribution in [0.3, 0.4) is 0 Å². The molecule has 3 heteroatoms. The number of rotatable bonds is 4. The van der Waals surface area contributed by atoms with E-state index in [4.69, 9.17) is 0 Å². The molecule has 120 valence electrons. The fraction of sp³-hybridized carbons (Fsp3) is 0.450. The summed E-state index contributed by atoms with van der Waals surface area (Å²) in [5.41, 5.74) is 1.24. The van der Waals surface area contributed by atoms with Crippen LogP contribution in [0, 0.1) is 5.92 Å². The number of carbonyl (C=O) groups excluding carboxylic acids is 1. The molecular formula is C20H24N2O. The predicted octanol–water partition coefficient (Wildman–Crippen LogP) is 3.33. The Labute approximate surface area is 137 Å². The highest BCUT2D eigenvalue weighted by atomic mass is 16.2. The highest BCUT2D eigenvalue weighted by Crippen LogP contribution is 2.31. The van der Waals surface area contributed by atoms with Crippen molar-refractivity contribution in [2.24, 2.45) is 5.92 Å². The minimum atomic E-state index is 0.171. The summed E-state index contributed by atoms with van der Waals surface area (Å²) in [5.74, 6) is 0.526. The molecule has 1 N–H and O–H groups in total. The Kier molecular flexibility index (Phi) is 4.04. The molecule has 1 saturated heterocycles. The minimum Gasteiger partial charge on any atom is -0.335 e. The van der Waals surface area contributed by atoms with E-state index >= 15 is 0 Å². The predicted molar refractivity (Wildman–Crippen MR) is 93.1 cm³/mol. The molecule has 4 rings (SSSR count). The van der Waals surface area contributed by atoms with Crippen molar-refractivity contribution in [3.05, 3.63) is 48.0 Å². The molecule has 1 amide bonds. The topological polar surface area (TPSA) is 32.3 Å². The third-order valence-corrected chi connectivity index (χ3v) is 5.08. The molecule has 2 aliphatic rings. The van der Waals surface area contributed by atoms with Crippen LogP contribution in [0.25, 0.3) is 10.8 Å². The molecule has 2 aromatic rings. The largest absolute Gasteiger partial charge is 0.335 e. The van der Waals surface area contributed by atoms with Crippen molar-refractivity contribution in [3.8, 4) is 0 Å². The standard InChI is InChI=1S/C20H24N2O/c23-20(18-6-3-11-21-13-18)22(19-9-10-19)14-15-7-8-16-4-1-2-5-17(16)12-15/h1-2,4-5,7-8,12,18-19,21H,3,6,9-11,13-14H2/t18-/m1/s1. The molecule has 23 heavy (non-hydrogen) atoms. The Balaban J connectivity index is 1.54. The number of nitrogens with zero attached hydrogens (tertiary/aromatic N) is 1. The van der Waals surface area contributed by atoms with Gasteiger partial charge in [-0.2, -0.15) is 0 Å². The van der Waals surface area contributed by atoms with Crippen LogP contribution in [0.1, 0.15) is 31.2 Å². The average Bonchev–Trinajstić information content (AvgIpc) is 3.45. The summed E-state index contributed by atoms with van der Waals surface area (Å²) in [6, 6.07) is 15.5. The van der Waals surface area contributed by atoms with Crippen molar-refractivity contribution >= 4 is 16.7 Å². The molecule has 0 spiro atoms. The van der Waals surface area contributed by atoms with Crippen LogP contribution in [0.2, 0.25) is 0 Å². The van der Waals surface area contributed by atoms with Crippen LogP contribution in [0.15, 0.2) is 42.5 Å². The Bertz CT molecular complexity index is 702. The first kappa shape index (κ1) is 14.7. The molecule has 1 atom stereocenters. The molecule has 2 fully saturated rings. The Morgan fingerprint density at radius 3 is 2.65 bits per heavy atom. The molecule has 0 aromatic heterocycles. The quantitative estimate of drug-likeness (QED) is 0.939. The highest BCUT2D eigenvalue weighted by molar-refractivity contribution is 5.83. The van der Waals surface area contributed by atoms with Crippen LogP contribution < -0.4 is 5.32 Å². The molecule has 1 heterocycles. The van der Waals surface area contributed by atoms with Crippen molar-refractivity contribution in [3.63, 3.8) is 0 Å². The van der Waals surface area contributed by atoms with Crippen LogP contribution in [0.5, 0.6) is 0 Å². The Hall–Kier alpha value is -1.87. The normalized spacial score (nSPS) is 21.3. The molecule has 1 aliphatic carbocycles. The molecule has 0 radical (unpaired) electrons. The lowest BCUT2D eigenvalue weighted by Crippen LogP contribution is -2.43. The summed E-state index contributed by atoms with van der Waals surface area (Å²) < 4.78 is 0. The first-order valence-electron chi connectivity index (χ1n) is 8.80. The van der Waals surface area contributed by atoms with Gasteiger partial charge in [-0.25, -0.2) is 0 Å². The maximum Gasteiger partial charge on any atom is 0.227 e. The zero-order chi connectivity index (χ0) is 15.6. The van der Waals surface area contributed by atoms with E-state index in [0.717, 1.165) is 32.5 Å². The van der Waals surface area contributed by atoms with E-state index in [1.54, 1.807) is 0 Å². The second kappa shape index (κ2) is 6.32. The van der Waals surface area contributed by atoms with Gasteiger partial charge in [-0.05, 0) is 54.6 Å². The summed E-state index contributed by atoms with van der Waals surface area (Å²) in [5, 5.41) is 5.89. The smallest absolute Gasteiger partial charge is 0.227 e. The fourth-order valence-electron chi connectivity index (χ4n) is 3.60. The van der Waals surface area contributed by atoms with Gasteiger partial charge in [0.15, 0.2) is 0 Å². The number of amides is 1. The Morgan fingerprint density at radius 2 is 1.91 bits per heavy atom. The van der Waals surface area contributed by atoms with Gasteiger partial charge in [0.25, 0.3) is 0 Å². The SMILES string of the molecule is O=C([C@@H]1CCCNC1)N(Cc1ccc2ccccc2c1)C1CC1. The van der Waals surface area contributed by atoms with Gasteiger partial charge in [0.1, 0.15) is 0 Å². The number of carbonyl (C=O) groups is 1. The molecule has 1 aliphatic heterocycles. The number of hydrogen-bond acceptors (Lipinski definition) is 2. The van der Waals surface area contributed by atoms with Gasteiger partial charge in [0.2, 0.25) is 5.91 Å². The van der Waals surface area contributed by atoms with Gasteiger partial charge >= 0.3 is 0 Å². The van der Waals surface area contributed by atoms with Crippen LogP contribution in [-0.4, -0.2) is 29.9 Å². The lowest BCUT2D eigenvalue weighted by molar-refractivity contribution is -0.137. The fourth-order valence-corrected chi connectivity index (χ4v) is 3.60. The number of piperidine rings is 1. The van der Waals surface area contributed by atoms with Crippen molar-refractivity contribution in [1.29, 1.82) is 0 Å². The third kappa shape index (κ3) is 3.25. The summed E-state index contributed by atoms with van der Waals surface area (Å²) in [6.45, 7) is 2.66. The maximum absolute atomic E-state index is 12.9. The molecule has 0 unspecified atom stereocenters. The van der Waals surface area contributed by atoms with Crippen molar-refractivity contribution in [1.82, 2.24) is 10.2 Å². The third-order valence-electron chi connectivity index (χ3n) is 5.08. The second-order valence-corrected chi connectivity index (χ2v) is 6.92. The van der Waals surface area contributed by atoms with Gasteiger partial charge in [-0.1, -0.05) is 36.4 Å². The van der Waals surface area contributed by atoms with Gasteiger partial charge < -0.3 is 10.2 Å². The summed E-state index contributed by atoms with van der Waals surface area (Å²) in [6.07, 6.45) is 4.48. The van der Waals surface area contributed by atoms with E-state index in [0.29, 0.717) is 11.9 Å². The molecule has 0 bridgehead atoms. The van der Waals surface area contributed by atoms with E-state index in [1.807, 2.05) is 0 Å². The van der Waals surface area contributed by atoms with E-state index < -0.39 is 0 Å². The molecule has 2 aromatic carbocycles. The first-order chi connectivity index (χ1) is 11.3.